The van der Waals surface area contributed by atoms with Crippen molar-refractivity contribution in [2.45, 2.75) is 51.1 Å². The van der Waals surface area contributed by atoms with Crippen molar-refractivity contribution in [3.05, 3.63) is 35.0 Å². The molecule has 1 saturated heterocycles. The number of primary amides is 1. The number of amides is 1. The molecule has 192 valence electrons. The molecule has 9 nitrogen and oxygen atoms in total. The van der Waals surface area contributed by atoms with Crippen LogP contribution in [0.1, 0.15) is 45.1 Å². The number of hydrogen-bond acceptors (Lipinski definition) is 7. The zero-order chi connectivity index (χ0) is 25.4. The molecular weight excluding hydrogens is 492 g/mol. The number of nitrogens with one attached hydrogen (secondary N) is 2. The molecule has 1 amide bonds. The van der Waals surface area contributed by atoms with E-state index >= 15 is 0 Å². The minimum atomic E-state index is -0.835. The molecule has 1 saturated carbocycles. The summed E-state index contributed by atoms with van der Waals surface area (Å²) in [4.78, 5) is 25.4. The highest BCUT2D eigenvalue weighted by Gasteiger charge is 2.30. The summed E-state index contributed by atoms with van der Waals surface area (Å²) >= 11 is 5.79. The van der Waals surface area contributed by atoms with Crippen molar-refractivity contribution < 1.29 is 18.3 Å². The van der Waals surface area contributed by atoms with Gasteiger partial charge in [0.05, 0.1) is 12.8 Å². The van der Waals surface area contributed by atoms with Crippen LogP contribution in [0, 0.1) is 23.5 Å². The predicted octanol–water partition coefficient (Wildman–Crippen LogP) is 4.56. The largest absolute Gasteiger partial charge is 0.381 e. The first-order chi connectivity index (χ1) is 17.3. The fourth-order valence-electron chi connectivity index (χ4n) is 5.05. The Morgan fingerprint density at radius 2 is 1.89 bits per heavy atom. The van der Waals surface area contributed by atoms with Gasteiger partial charge >= 0.3 is 0 Å². The van der Waals surface area contributed by atoms with Crippen LogP contribution in [0.15, 0.2) is 18.3 Å². The zero-order valence-corrected chi connectivity index (χ0v) is 20.6. The lowest BCUT2D eigenvalue weighted by Gasteiger charge is -2.30. The maximum absolute atomic E-state index is 14.6. The fraction of sp³-hybridized carbons (Fsp3) is 0.500. The summed E-state index contributed by atoms with van der Waals surface area (Å²) in [5, 5.41) is 6.17. The number of aromatic nitrogens is 4. The molecule has 0 radical (unpaired) electrons. The molecule has 1 aliphatic carbocycles. The average Bonchev–Trinajstić information content (AvgIpc) is 3.20. The maximum atomic E-state index is 14.6. The minimum Gasteiger partial charge on any atom is -0.381 e. The number of fused-ring (bicyclic) bond motifs is 1. The van der Waals surface area contributed by atoms with E-state index in [1.807, 2.05) is 4.57 Å². The molecule has 2 aromatic heterocycles. The first-order valence-corrected chi connectivity index (χ1v) is 12.5. The second kappa shape index (κ2) is 10.1. The maximum Gasteiger partial charge on any atom is 0.224 e. The van der Waals surface area contributed by atoms with Crippen LogP contribution in [-0.4, -0.2) is 44.7 Å². The Balaban J connectivity index is 1.53. The number of rotatable bonds is 6. The Kier molecular flexibility index (Phi) is 6.94. The molecule has 2 fully saturated rings. The van der Waals surface area contributed by atoms with Gasteiger partial charge < -0.3 is 21.1 Å². The van der Waals surface area contributed by atoms with Crippen LogP contribution < -0.4 is 16.4 Å². The third-order valence-corrected chi connectivity index (χ3v) is 7.31. The van der Waals surface area contributed by atoms with Crippen LogP contribution in [0.4, 0.5) is 26.4 Å². The lowest BCUT2D eigenvalue weighted by atomic mass is 9.85. The summed E-state index contributed by atoms with van der Waals surface area (Å²) in [6.07, 6.45) is 4.93. The quantitative estimate of drug-likeness (QED) is 0.437. The van der Waals surface area contributed by atoms with E-state index in [9.17, 15) is 13.6 Å². The van der Waals surface area contributed by atoms with Crippen molar-refractivity contribution in [2.24, 2.45) is 17.6 Å². The number of imidazole rings is 1. The Morgan fingerprint density at radius 1 is 1.17 bits per heavy atom. The van der Waals surface area contributed by atoms with Crippen molar-refractivity contribution in [3.8, 4) is 0 Å². The molecular formula is C24H28ClF2N7O2. The van der Waals surface area contributed by atoms with Gasteiger partial charge in [-0.1, -0.05) is 18.5 Å². The highest BCUT2D eigenvalue weighted by atomic mass is 35.5. The molecule has 0 unspecified atom stereocenters. The normalized spacial score (nSPS) is 24.6. The third kappa shape index (κ3) is 4.94. The van der Waals surface area contributed by atoms with Crippen LogP contribution in [0.2, 0.25) is 5.02 Å². The Hall–Kier alpha value is -3.05. The number of carbonyl (C=O) groups is 1. The van der Waals surface area contributed by atoms with E-state index in [0.29, 0.717) is 61.9 Å². The first-order valence-electron chi connectivity index (χ1n) is 12.1. The molecule has 0 bridgehead atoms. The third-order valence-electron chi connectivity index (χ3n) is 7.10. The molecule has 1 aliphatic heterocycles. The molecule has 3 aromatic rings. The second-order valence-electron chi connectivity index (χ2n) is 9.58. The Morgan fingerprint density at radius 3 is 2.56 bits per heavy atom. The van der Waals surface area contributed by atoms with Gasteiger partial charge in [-0.15, -0.1) is 0 Å². The van der Waals surface area contributed by atoms with Crippen molar-refractivity contribution in [2.75, 3.05) is 23.8 Å². The van der Waals surface area contributed by atoms with Gasteiger partial charge in [-0.25, -0.2) is 18.7 Å². The second-order valence-corrected chi connectivity index (χ2v) is 10.0. The number of carbonyl (C=O) groups excluding carboxylic acids is 1. The van der Waals surface area contributed by atoms with Crippen LogP contribution in [0.25, 0.3) is 11.2 Å². The molecule has 1 aromatic carbocycles. The summed E-state index contributed by atoms with van der Waals surface area (Å²) in [7, 11) is 0. The van der Waals surface area contributed by atoms with E-state index in [2.05, 4.69) is 27.5 Å². The van der Waals surface area contributed by atoms with Crippen molar-refractivity contribution in [1.29, 1.82) is 0 Å². The number of nitrogens with zero attached hydrogens (tertiary/aromatic N) is 4. The van der Waals surface area contributed by atoms with Gasteiger partial charge in [0.15, 0.2) is 17.3 Å². The van der Waals surface area contributed by atoms with Crippen molar-refractivity contribution in [3.63, 3.8) is 0 Å². The van der Waals surface area contributed by atoms with Gasteiger partial charge in [-0.2, -0.15) is 4.98 Å². The molecule has 3 heterocycles. The Bertz CT molecular complexity index is 1260. The minimum absolute atomic E-state index is 0.0437. The zero-order valence-electron chi connectivity index (χ0n) is 19.8. The molecule has 12 heteroatoms. The topological polar surface area (TPSA) is 120 Å². The van der Waals surface area contributed by atoms with E-state index in [4.69, 9.17) is 27.1 Å². The fourth-order valence-corrected chi connectivity index (χ4v) is 5.24. The average molecular weight is 520 g/mol. The lowest BCUT2D eigenvalue weighted by molar-refractivity contribution is -0.122. The van der Waals surface area contributed by atoms with Crippen LogP contribution in [0.3, 0.4) is 0 Å². The SMILES string of the molecule is C[C@H]1COCC[C@@H]1Nc1ncc2nc(Nc3c(F)cc(Cl)cc3F)n(C3CCC(C(N)=O)CC3)c2n1. The van der Waals surface area contributed by atoms with Crippen LogP contribution in [-0.2, 0) is 9.53 Å². The van der Waals surface area contributed by atoms with E-state index in [-0.39, 0.29) is 40.6 Å². The van der Waals surface area contributed by atoms with Crippen LogP contribution in [0.5, 0.6) is 0 Å². The molecule has 2 atom stereocenters. The molecule has 4 N–H and O–H groups in total. The molecule has 5 rings (SSSR count). The standard InChI is InChI=1S/C24H28ClF2N7O2/c1-12-11-36-7-6-18(12)30-23-29-10-19-22(33-23)34(15-4-2-13(3-5-15)21(28)35)24(31-19)32-20-16(26)8-14(25)9-17(20)27/h8-10,12-13,15,18H,2-7,11H2,1H3,(H2,28,35)(H,31,32)(H,29,30,33)/t12-,13?,15?,18-/m0/s1. The molecule has 36 heavy (non-hydrogen) atoms. The van der Waals surface area contributed by atoms with Gasteiger partial charge in [0.1, 0.15) is 11.2 Å². The van der Waals surface area contributed by atoms with Crippen LogP contribution >= 0.6 is 11.6 Å². The smallest absolute Gasteiger partial charge is 0.224 e. The summed E-state index contributed by atoms with van der Waals surface area (Å²) in [6.45, 7) is 3.43. The summed E-state index contributed by atoms with van der Waals surface area (Å²) in [5.74, 6) is -1.20. The van der Waals surface area contributed by atoms with Gasteiger partial charge in [0.25, 0.3) is 0 Å². The lowest BCUT2D eigenvalue weighted by Crippen LogP contribution is -2.36. The highest BCUT2D eigenvalue weighted by Crippen LogP contribution is 2.38. The summed E-state index contributed by atoms with van der Waals surface area (Å²) in [6, 6.07) is 2.13. The number of anilines is 3. The summed E-state index contributed by atoms with van der Waals surface area (Å²) in [5.41, 5.74) is 6.18. The van der Waals surface area contributed by atoms with Gasteiger partial charge in [-0.3, -0.25) is 9.36 Å². The summed E-state index contributed by atoms with van der Waals surface area (Å²) < 4.78 is 36.6. The Labute approximate surface area is 211 Å². The number of hydrogen-bond donors (Lipinski definition) is 3. The number of halogens is 3. The molecule has 2 aliphatic rings. The van der Waals surface area contributed by atoms with Gasteiger partial charge in [-0.05, 0) is 50.2 Å². The number of ether oxygens (including phenoxy) is 1. The predicted molar refractivity (Wildman–Crippen MR) is 132 cm³/mol. The molecule has 0 spiro atoms. The monoisotopic (exact) mass is 519 g/mol. The number of benzene rings is 1. The van der Waals surface area contributed by atoms with Gasteiger partial charge in [0, 0.05) is 29.6 Å². The van der Waals surface area contributed by atoms with E-state index in [1.165, 1.54) is 0 Å². The number of nitrogens with two attached hydrogens (primary N) is 1. The van der Waals surface area contributed by atoms with E-state index < -0.39 is 11.6 Å². The highest BCUT2D eigenvalue weighted by molar-refractivity contribution is 6.30. The first kappa shape index (κ1) is 24.6. The van der Waals surface area contributed by atoms with E-state index in [0.717, 1.165) is 18.6 Å². The van der Waals surface area contributed by atoms with Crippen molar-refractivity contribution in [1.82, 2.24) is 19.5 Å². The van der Waals surface area contributed by atoms with Crippen molar-refractivity contribution >= 4 is 46.3 Å². The van der Waals surface area contributed by atoms with Gasteiger partial charge in [0.2, 0.25) is 17.8 Å². The van der Waals surface area contributed by atoms with E-state index in [1.54, 1.807) is 6.20 Å².